The van der Waals surface area contributed by atoms with Crippen molar-refractivity contribution < 1.29 is 4.79 Å². The number of carbonyl (C=O) groups excluding carboxylic acids is 1. The van der Waals surface area contributed by atoms with E-state index in [2.05, 4.69) is 17.3 Å². The summed E-state index contributed by atoms with van der Waals surface area (Å²) >= 11 is 0. The van der Waals surface area contributed by atoms with Crippen LogP contribution in [0, 0.1) is 5.92 Å². The average Bonchev–Trinajstić information content (AvgIpc) is 2.81. The molecule has 0 spiro atoms. The Kier molecular flexibility index (Phi) is 8.99. The molecule has 2 aliphatic heterocycles. The maximum absolute atomic E-state index is 12.2. The van der Waals surface area contributed by atoms with E-state index >= 15 is 0 Å². The number of rotatable bonds is 3. The Labute approximate surface area is 129 Å². The molecule has 0 aromatic carbocycles. The van der Waals surface area contributed by atoms with Crippen molar-refractivity contribution in [3.8, 4) is 0 Å². The summed E-state index contributed by atoms with van der Waals surface area (Å²) in [7, 11) is 4.13. The Morgan fingerprint density at radius 1 is 1.32 bits per heavy atom. The number of hydrogen-bond donors (Lipinski definition) is 1. The Balaban J connectivity index is 0.00000162. The van der Waals surface area contributed by atoms with Gasteiger partial charge in [0.15, 0.2) is 0 Å². The van der Waals surface area contributed by atoms with Gasteiger partial charge >= 0.3 is 0 Å². The van der Waals surface area contributed by atoms with E-state index in [1.807, 2.05) is 11.9 Å². The van der Waals surface area contributed by atoms with Gasteiger partial charge in [-0.05, 0) is 51.7 Å². The Morgan fingerprint density at radius 2 is 2.05 bits per heavy atom. The summed E-state index contributed by atoms with van der Waals surface area (Å²) in [4.78, 5) is 16.5. The van der Waals surface area contributed by atoms with Crippen LogP contribution in [0.25, 0.3) is 0 Å². The maximum atomic E-state index is 12.2. The molecule has 2 fully saturated rings. The van der Waals surface area contributed by atoms with E-state index in [0.29, 0.717) is 5.92 Å². The van der Waals surface area contributed by atoms with E-state index in [1.165, 1.54) is 19.4 Å². The van der Waals surface area contributed by atoms with E-state index in [0.717, 1.165) is 32.5 Å². The number of nitrogens with one attached hydrogen (secondary N) is 1. The first-order chi connectivity index (χ1) is 8.16. The second-order valence-electron chi connectivity index (χ2n) is 5.64. The molecule has 2 heterocycles. The van der Waals surface area contributed by atoms with Crippen molar-refractivity contribution in [2.24, 2.45) is 5.92 Å². The standard InChI is InChI=1S/C13H25N3O.2ClH/c1-15-8-4-5-11(9-15)10-16(2)13(17)12-6-3-7-14-12;;/h11-12,14H,3-10H2,1-2H3;2*1H/t11?,12-;;/m0../s1. The molecule has 6 heteroatoms. The van der Waals surface area contributed by atoms with Crippen LogP contribution < -0.4 is 5.32 Å². The summed E-state index contributed by atoms with van der Waals surface area (Å²) in [6.07, 6.45) is 4.68. The van der Waals surface area contributed by atoms with Crippen molar-refractivity contribution in [2.45, 2.75) is 31.7 Å². The van der Waals surface area contributed by atoms with Crippen LogP contribution in [0.15, 0.2) is 0 Å². The predicted molar refractivity (Wildman–Crippen MR) is 83.4 cm³/mol. The van der Waals surface area contributed by atoms with Gasteiger partial charge in [0.25, 0.3) is 0 Å². The van der Waals surface area contributed by atoms with Crippen molar-refractivity contribution >= 4 is 30.7 Å². The largest absolute Gasteiger partial charge is 0.344 e. The van der Waals surface area contributed by atoms with Crippen LogP contribution in [0.2, 0.25) is 0 Å². The maximum Gasteiger partial charge on any atom is 0.239 e. The third-order valence-corrected chi connectivity index (χ3v) is 3.99. The number of likely N-dealkylation sites (N-methyl/N-ethyl adjacent to an activating group) is 1. The number of halogens is 2. The van der Waals surface area contributed by atoms with E-state index in [1.54, 1.807) is 0 Å². The van der Waals surface area contributed by atoms with Gasteiger partial charge in [0.05, 0.1) is 6.04 Å². The third kappa shape index (κ3) is 5.46. The molecule has 114 valence electrons. The third-order valence-electron chi connectivity index (χ3n) is 3.99. The van der Waals surface area contributed by atoms with Gasteiger partial charge in [-0.25, -0.2) is 0 Å². The average molecular weight is 312 g/mol. The van der Waals surface area contributed by atoms with Crippen LogP contribution in [0.1, 0.15) is 25.7 Å². The first kappa shape index (κ1) is 19.0. The molecule has 2 atom stereocenters. The molecule has 0 bridgehead atoms. The van der Waals surface area contributed by atoms with Gasteiger partial charge in [0.1, 0.15) is 0 Å². The summed E-state index contributed by atoms with van der Waals surface area (Å²) in [5, 5.41) is 3.28. The molecule has 2 saturated heterocycles. The van der Waals surface area contributed by atoms with Crippen molar-refractivity contribution in [3.63, 3.8) is 0 Å². The van der Waals surface area contributed by atoms with E-state index in [9.17, 15) is 4.79 Å². The van der Waals surface area contributed by atoms with E-state index in [-0.39, 0.29) is 36.8 Å². The van der Waals surface area contributed by atoms with Crippen LogP contribution in [-0.2, 0) is 4.79 Å². The molecular weight excluding hydrogens is 285 g/mol. The van der Waals surface area contributed by atoms with Crippen LogP contribution in [-0.4, -0.2) is 62.0 Å². The second-order valence-corrected chi connectivity index (χ2v) is 5.64. The molecule has 0 aliphatic carbocycles. The Hall–Kier alpha value is -0.0300. The number of piperidine rings is 1. The summed E-state index contributed by atoms with van der Waals surface area (Å²) in [6.45, 7) is 4.26. The highest BCUT2D eigenvalue weighted by Crippen LogP contribution is 2.17. The van der Waals surface area contributed by atoms with Gasteiger partial charge in [-0.15, -0.1) is 24.8 Å². The van der Waals surface area contributed by atoms with Gasteiger partial charge in [-0.1, -0.05) is 0 Å². The summed E-state index contributed by atoms with van der Waals surface area (Å²) in [6, 6.07) is 0.0846. The monoisotopic (exact) mass is 311 g/mol. The normalized spacial score (nSPS) is 27.3. The van der Waals surface area contributed by atoms with E-state index < -0.39 is 0 Å². The molecule has 1 amide bonds. The number of carbonyl (C=O) groups is 1. The molecule has 2 rings (SSSR count). The zero-order valence-electron chi connectivity index (χ0n) is 11.9. The molecule has 0 aromatic heterocycles. The molecule has 19 heavy (non-hydrogen) atoms. The topological polar surface area (TPSA) is 35.6 Å². The Morgan fingerprint density at radius 3 is 2.63 bits per heavy atom. The molecule has 0 radical (unpaired) electrons. The highest BCUT2D eigenvalue weighted by Gasteiger charge is 2.27. The van der Waals surface area contributed by atoms with Crippen LogP contribution in [0.5, 0.6) is 0 Å². The zero-order chi connectivity index (χ0) is 12.3. The molecule has 2 aliphatic rings. The van der Waals surface area contributed by atoms with Gasteiger partial charge in [0, 0.05) is 20.1 Å². The van der Waals surface area contributed by atoms with Crippen molar-refractivity contribution in [2.75, 3.05) is 40.3 Å². The highest BCUT2D eigenvalue weighted by molar-refractivity contribution is 5.85. The van der Waals surface area contributed by atoms with Crippen molar-refractivity contribution in [1.29, 1.82) is 0 Å². The highest BCUT2D eigenvalue weighted by atomic mass is 35.5. The zero-order valence-corrected chi connectivity index (χ0v) is 13.6. The number of amides is 1. The number of hydrogen-bond acceptors (Lipinski definition) is 3. The number of nitrogens with zero attached hydrogens (tertiary/aromatic N) is 2. The van der Waals surface area contributed by atoms with Crippen LogP contribution in [0.4, 0.5) is 0 Å². The van der Waals surface area contributed by atoms with Crippen LogP contribution in [0.3, 0.4) is 0 Å². The minimum atomic E-state index is 0. The van der Waals surface area contributed by atoms with Gasteiger partial charge in [0.2, 0.25) is 5.91 Å². The smallest absolute Gasteiger partial charge is 0.239 e. The summed E-state index contributed by atoms with van der Waals surface area (Å²) < 4.78 is 0. The van der Waals surface area contributed by atoms with Crippen molar-refractivity contribution in [3.05, 3.63) is 0 Å². The molecule has 0 aromatic rings. The summed E-state index contributed by atoms with van der Waals surface area (Å²) in [5.74, 6) is 0.944. The lowest BCUT2D eigenvalue weighted by Crippen LogP contribution is -2.45. The van der Waals surface area contributed by atoms with E-state index in [4.69, 9.17) is 0 Å². The molecule has 1 unspecified atom stereocenters. The lowest BCUT2D eigenvalue weighted by Gasteiger charge is -2.33. The van der Waals surface area contributed by atoms with Crippen LogP contribution >= 0.6 is 24.8 Å². The lowest BCUT2D eigenvalue weighted by atomic mass is 9.98. The fraction of sp³-hybridized carbons (Fsp3) is 0.923. The Bertz CT molecular complexity index is 273. The van der Waals surface area contributed by atoms with Crippen molar-refractivity contribution in [1.82, 2.24) is 15.1 Å². The SMILES string of the molecule is CN1CCCC(CN(C)C(=O)[C@@H]2CCCN2)C1.Cl.Cl. The first-order valence-corrected chi connectivity index (χ1v) is 6.83. The quantitative estimate of drug-likeness (QED) is 0.855. The second kappa shape index (κ2) is 9.01. The predicted octanol–water partition coefficient (Wildman–Crippen LogP) is 1.38. The minimum absolute atomic E-state index is 0. The molecule has 1 N–H and O–H groups in total. The molecular formula is C13H27Cl2N3O. The van der Waals surface area contributed by atoms with Gasteiger partial charge in [-0.2, -0.15) is 0 Å². The molecule has 4 nitrogen and oxygen atoms in total. The minimum Gasteiger partial charge on any atom is -0.344 e. The first-order valence-electron chi connectivity index (χ1n) is 6.83. The van der Waals surface area contributed by atoms with Gasteiger partial charge < -0.3 is 15.1 Å². The van der Waals surface area contributed by atoms with Gasteiger partial charge in [-0.3, -0.25) is 4.79 Å². The number of likely N-dealkylation sites (tertiary alicyclic amines) is 1. The fourth-order valence-corrected chi connectivity index (χ4v) is 3.06. The summed E-state index contributed by atoms with van der Waals surface area (Å²) in [5.41, 5.74) is 0. The molecule has 0 saturated carbocycles. The lowest BCUT2D eigenvalue weighted by molar-refractivity contribution is -0.132. The fourth-order valence-electron chi connectivity index (χ4n) is 3.06.